The van der Waals surface area contributed by atoms with E-state index < -0.39 is 0 Å². The van der Waals surface area contributed by atoms with Gasteiger partial charge >= 0.3 is 0 Å². The molecule has 0 atom stereocenters. The van der Waals surface area contributed by atoms with Gasteiger partial charge < -0.3 is 15.1 Å². The first-order chi connectivity index (χ1) is 12.2. The first kappa shape index (κ1) is 24.0. The number of pyridine rings is 1. The van der Waals surface area contributed by atoms with Crippen molar-refractivity contribution in [3.63, 3.8) is 0 Å². The number of rotatable bonds is 5. The van der Waals surface area contributed by atoms with Crippen molar-refractivity contribution in [2.45, 2.75) is 39.5 Å². The zero-order chi connectivity index (χ0) is 17.6. The molecule has 2 saturated heterocycles. The number of amides is 1. The Morgan fingerprint density at radius 2 is 1.78 bits per heavy atom. The van der Waals surface area contributed by atoms with Crippen LogP contribution in [0.1, 0.15) is 49.9 Å². The maximum atomic E-state index is 12.7. The summed E-state index contributed by atoms with van der Waals surface area (Å²) in [5.41, 5.74) is 0.722. The van der Waals surface area contributed by atoms with E-state index in [4.69, 9.17) is 0 Å². The normalized spacial score (nSPS) is 18.6. The van der Waals surface area contributed by atoms with Crippen molar-refractivity contribution in [2.24, 2.45) is 11.8 Å². The Bertz CT molecular complexity index is 554. The van der Waals surface area contributed by atoms with Gasteiger partial charge in [-0.2, -0.15) is 0 Å². The Morgan fingerprint density at radius 1 is 1.11 bits per heavy atom. The Hall–Kier alpha value is -1.04. The average Bonchev–Trinajstić information content (AvgIpc) is 2.67. The second-order valence-electron chi connectivity index (χ2n) is 7.62. The fourth-order valence-electron chi connectivity index (χ4n) is 3.81. The molecule has 154 valence electrons. The molecule has 2 aliphatic rings. The maximum Gasteiger partial charge on any atom is 0.255 e. The Balaban J connectivity index is 0.00000182. The molecule has 0 spiro atoms. The molecule has 0 aromatic carbocycles. The Morgan fingerprint density at radius 3 is 2.33 bits per heavy atom. The van der Waals surface area contributed by atoms with E-state index in [1.165, 1.54) is 12.8 Å². The van der Waals surface area contributed by atoms with Gasteiger partial charge in [-0.1, -0.05) is 13.8 Å². The van der Waals surface area contributed by atoms with Crippen molar-refractivity contribution in [1.29, 1.82) is 0 Å². The zero-order valence-corrected chi connectivity index (χ0v) is 18.2. The molecule has 1 amide bonds. The zero-order valence-electron chi connectivity index (χ0n) is 16.5. The molecule has 1 N–H and O–H groups in total. The lowest BCUT2D eigenvalue weighted by Gasteiger charge is -2.32. The molecule has 1 aromatic rings. The van der Waals surface area contributed by atoms with E-state index in [0.717, 1.165) is 69.4 Å². The highest BCUT2D eigenvalue weighted by Crippen LogP contribution is 2.22. The van der Waals surface area contributed by atoms with E-state index in [1.807, 2.05) is 17.0 Å². The highest BCUT2D eigenvalue weighted by molar-refractivity contribution is 5.94. The number of carbonyl (C=O) groups is 1. The molecule has 7 heteroatoms. The topological polar surface area (TPSA) is 48.5 Å². The molecule has 3 heterocycles. The van der Waals surface area contributed by atoms with Crippen LogP contribution in [0.15, 0.2) is 18.3 Å². The van der Waals surface area contributed by atoms with Gasteiger partial charge in [0.25, 0.3) is 5.91 Å². The molecule has 0 saturated carbocycles. The van der Waals surface area contributed by atoms with Crippen molar-refractivity contribution >= 4 is 36.5 Å². The number of nitrogens with one attached hydrogen (secondary N) is 1. The van der Waals surface area contributed by atoms with Crippen LogP contribution < -0.4 is 10.2 Å². The number of hydrogen-bond acceptors (Lipinski definition) is 4. The van der Waals surface area contributed by atoms with Crippen molar-refractivity contribution in [1.82, 2.24) is 15.2 Å². The Kier molecular flexibility index (Phi) is 10.4. The number of halogens is 2. The van der Waals surface area contributed by atoms with Crippen molar-refractivity contribution in [3.05, 3.63) is 23.9 Å². The number of aromatic nitrogens is 1. The van der Waals surface area contributed by atoms with Crippen LogP contribution >= 0.6 is 24.8 Å². The van der Waals surface area contributed by atoms with Crippen molar-refractivity contribution < 1.29 is 4.79 Å². The summed E-state index contributed by atoms with van der Waals surface area (Å²) in [6, 6.07) is 3.97. The number of anilines is 1. The predicted octanol–water partition coefficient (Wildman–Crippen LogP) is 3.62. The van der Waals surface area contributed by atoms with Gasteiger partial charge in [0.2, 0.25) is 0 Å². The number of nitrogens with zero attached hydrogens (tertiary/aromatic N) is 3. The monoisotopic (exact) mass is 416 g/mol. The summed E-state index contributed by atoms with van der Waals surface area (Å²) in [5, 5.41) is 3.42. The first-order valence-electron chi connectivity index (χ1n) is 9.88. The van der Waals surface area contributed by atoms with Crippen molar-refractivity contribution in [2.75, 3.05) is 44.2 Å². The molecule has 5 nitrogen and oxygen atoms in total. The fourth-order valence-corrected chi connectivity index (χ4v) is 3.81. The van der Waals surface area contributed by atoms with Gasteiger partial charge in [-0.25, -0.2) is 4.98 Å². The van der Waals surface area contributed by atoms with Crippen LogP contribution in [0, 0.1) is 11.8 Å². The quantitative estimate of drug-likeness (QED) is 0.795. The van der Waals surface area contributed by atoms with Gasteiger partial charge in [0.1, 0.15) is 5.82 Å². The smallest absolute Gasteiger partial charge is 0.255 e. The SMILES string of the molecule is CCNCC1CCN(C(=O)c2ccc(N3CCC(C)CC3)nc2)CC1.Cl.Cl. The number of piperidine rings is 2. The summed E-state index contributed by atoms with van der Waals surface area (Å²) < 4.78 is 0. The van der Waals surface area contributed by atoms with E-state index in [-0.39, 0.29) is 30.7 Å². The molecule has 2 aliphatic heterocycles. The van der Waals surface area contributed by atoms with Gasteiger partial charge in [-0.05, 0) is 62.7 Å². The van der Waals surface area contributed by atoms with Crippen LogP contribution in [-0.2, 0) is 0 Å². The second kappa shape index (κ2) is 11.7. The predicted molar refractivity (Wildman–Crippen MR) is 117 cm³/mol. The van der Waals surface area contributed by atoms with Gasteiger partial charge in [0.05, 0.1) is 5.56 Å². The third kappa shape index (κ3) is 6.51. The van der Waals surface area contributed by atoms with E-state index in [0.29, 0.717) is 5.92 Å². The van der Waals surface area contributed by atoms with Crippen molar-refractivity contribution in [3.8, 4) is 0 Å². The summed E-state index contributed by atoms with van der Waals surface area (Å²) >= 11 is 0. The van der Waals surface area contributed by atoms with E-state index in [1.54, 1.807) is 6.20 Å². The molecular weight excluding hydrogens is 383 g/mol. The van der Waals surface area contributed by atoms with Gasteiger partial charge in [-0.15, -0.1) is 24.8 Å². The summed E-state index contributed by atoms with van der Waals surface area (Å²) in [5.74, 6) is 2.65. The van der Waals surface area contributed by atoms with Crippen LogP contribution in [0.2, 0.25) is 0 Å². The summed E-state index contributed by atoms with van der Waals surface area (Å²) in [6.45, 7) is 10.4. The minimum atomic E-state index is 0. The number of hydrogen-bond donors (Lipinski definition) is 1. The lowest BCUT2D eigenvalue weighted by molar-refractivity contribution is 0.0690. The molecular formula is C20H34Cl2N4O. The van der Waals surface area contributed by atoms with Crippen LogP contribution in [0.3, 0.4) is 0 Å². The van der Waals surface area contributed by atoms with Crippen LogP contribution in [0.4, 0.5) is 5.82 Å². The minimum absolute atomic E-state index is 0. The lowest BCUT2D eigenvalue weighted by atomic mass is 9.96. The maximum absolute atomic E-state index is 12.7. The Labute approximate surface area is 176 Å². The standard InChI is InChI=1S/C20H32N4O.2ClH/c1-3-21-14-17-8-12-24(13-9-17)20(25)18-4-5-19(22-15-18)23-10-6-16(2)7-11-23;;/h4-5,15-17,21H,3,6-14H2,1-2H3;2*1H. The third-order valence-corrected chi connectivity index (χ3v) is 5.69. The average molecular weight is 417 g/mol. The van der Waals surface area contributed by atoms with Crippen LogP contribution in [0.5, 0.6) is 0 Å². The van der Waals surface area contributed by atoms with Crippen LogP contribution in [0.25, 0.3) is 0 Å². The molecule has 27 heavy (non-hydrogen) atoms. The highest BCUT2D eigenvalue weighted by Gasteiger charge is 2.24. The van der Waals surface area contributed by atoms with Gasteiger partial charge in [0, 0.05) is 32.4 Å². The molecule has 2 fully saturated rings. The van der Waals surface area contributed by atoms with E-state index >= 15 is 0 Å². The second-order valence-corrected chi connectivity index (χ2v) is 7.62. The van der Waals surface area contributed by atoms with Gasteiger partial charge in [-0.3, -0.25) is 4.79 Å². The number of likely N-dealkylation sites (tertiary alicyclic amines) is 1. The minimum Gasteiger partial charge on any atom is -0.357 e. The number of carbonyl (C=O) groups excluding carboxylic acids is 1. The summed E-state index contributed by atoms with van der Waals surface area (Å²) in [6.07, 6.45) is 6.40. The van der Waals surface area contributed by atoms with E-state index in [2.05, 4.69) is 29.0 Å². The largest absolute Gasteiger partial charge is 0.357 e. The van der Waals surface area contributed by atoms with E-state index in [9.17, 15) is 4.79 Å². The van der Waals surface area contributed by atoms with Crippen LogP contribution in [-0.4, -0.2) is 55.1 Å². The molecule has 0 aliphatic carbocycles. The molecule has 1 aromatic heterocycles. The third-order valence-electron chi connectivity index (χ3n) is 5.69. The summed E-state index contributed by atoms with van der Waals surface area (Å²) in [7, 11) is 0. The molecule has 0 unspecified atom stereocenters. The summed E-state index contributed by atoms with van der Waals surface area (Å²) in [4.78, 5) is 21.6. The molecule has 0 bridgehead atoms. The van der Waals surface area contributed by atoms with Gasteiger partial charge in [0.15, 0.2) is 0 Å². The fraction of sp³-hybridized carbons (Fsp3) is 0.700. The molecule has 3 rings (SSSR count). The molecule has 0 radical (unpaired) electrons. The lowest BCUT2D eigenvalue weighted by Crippen LogP contribution is -2.40. The highest BCUT2D eigenvalue weighted by atomic mass is 35.5. The first-order valence-corrected chi connectivity index (χ1v) is 9.88.